The number of alkyl halides is 2. The molecule has 1 aliphatic rings. The third kappa shape index (κ3) is 5.00. The van der Waals surface area contributed by atoms with Crippen LogP contribution in [0.5, 0.6) is 0 Å². The van der Waals surface area contributed by atoms with Gasteiger partial charge in [-0.1, -0.05) is 32.9 Å². The number of aromatic nitrogens is 2. The minimum absolute atomic E-state index is 0.0378. The van der Waals surface area contributed by atoms with Crippen molar-refractivity contribution in [3.63, 3.8) is 0 Å². The van der Waals surface area contributed by atoms with Crippen molar-refractivity contribution in [3.05, 3.63) is 29.7 Å². The van der Waals surface area contributed by atoms with Gasteiger partial charge in [-0.2, -0.15) is 5.10 Å². The van der Waals surface area contributed by atoms with Gasteiger partial charge in [-0.25, -0.2) is 13.2 Å². The predicted molar refractivity (Wildman–Crippen MR) is 108 cm³/mol. The summed E-state index contributed by atoms with van der Waals surface area (Å²) in [7, 11) is 0. The SMILES string of the molecule is CC(C)(C)C(NC(=O)c1nn(CC2CC(F)(F)C2)c2c(F)cccc12)C(=O)NCCO. The summed E-state index contributed by atoms with van der Waals surface area (Å²) in [4.78, 5) is 25.5. The van der Waals surface area contributed by atoms with Gasteiger partial charge in [0.15, 0.2) is 5.69 Å². The molecule has 0 spiro atoms. The normalized spacial score (nSPS) is 17.3. The van der Waals surface area contributed by atoms with Crippen LogP contribution in [0, 0.1) is 17.2 Å². The van der Waals surface area contributed by atoms with Crippen LogP contribution in [0.4, 0.5) is 13.2 Å². The van der Waals surface area contributed by atoms with Gasteiger partial charge in [0.25, 0.3) is 5.91 Å². The summed E-state index contributed by atoms with van der Waals surface area (Å²) >= 11 is 0. The first-order chi connectivity index (χ1) is 14.4. The van der Waals surface area contributed by atoms with Crippen LogP contribution in [0.1, 0.15) is 44.1 Å². The topological polar surface area (TPSA) is 96.2 Å². The van der Waals surface area contributed by atoms with E-state index in [0.717, 1.165) is 0 Å². The monoisotopic (exact) mass is 440 g/mol. The number of hydrogen-bond acceptors (Lipinski definition) is 4. The molecule has 2 amide bonds. The number of para-hydroxylation sites is 1. The van der Waals surface area contributed by atoms with Crippen molar-refractivity contribution in [2.45, 2.75) is 52.1 Å². The molecule has 3 rings (SSSR count). The Morgan fingerprint density at radius 1 is 1.32 bits per heavy atom. The second kappa shape index (κ2) is 8.49. The van der Waals surface area contributed by atoms with Gasteiger partial charge in [-0.3, -0.25) is 14.3 Å². The van der Waals surface area contributed by atoms with Crippen molar-refractivity contribution < 1.29 is 27.9 Å². The van der Waals surface area contributed by atoms with Gasteiger partial charge in [0, 0.05) is 31.3 Å². The first-order valence-corrected chi connectivity index (χ1v) is 10.2. The number of halogens is 3. The van der Waals surface area contributed by atoms with Crippen molar-refractivity contribution in [1.82, 2.24) is 20.4 Å². The minimum atomic E-state index is -2.71. The maximum Gasteiger partial charge on any atom is 0.273 e. The van der Waals surface area contributed by atoms with Crippen LogP contribution in [-0.2, 0) is 11.3 Å². The molecule has 1 atom stereocenters. The van der Waals surface area contributed by atoms with Crippen molar-refractivity contribution in [2.24, 2.45) is 11.3 Å². The van der Waals surface area contributed by atoms with Crippen molar-refractivity contribution in [3.8, 4) is 0 Å². The Hall–Kier alpha value is -2.62. The fraction of sp³-hybridized carbons (Fsp3) is 0.571. The molecule has 0 bridgehead atoms. The van der Waals surface area contributed by atoms with E-state index in [1.54, 1.807) is 20.8 Å². The standard InChI is InChI=1S/C21H27F3N4O3/c1-20(2,3)17(19(31)25-7-8-29)26-18(30)15-13-5-4-6-14(22)16(13)28(27-15)11-12-9-21(23,24)10-12/h4-6,12,17,29H,7-11H2,1-3H3,(H,25,31)(H,26,30). The molecule has 0 saturated heterocycles. The fourth-order valence-corrected chi connectivity index (χ4v) is 3.81. The van der Waals surface area contributed by atoms with Crippen LogP contribution in [0.25, 0.3) is 10.9 Å². The zero-order chi connectivity index (χ0) is 23.0. The summed E-state index contributed by atoms with van der Waals surface area (Å²) in [6.45, 7) is 5.16. The number of nitrogens with one attached hydrogen (secondary N) is 2. The van der Waals surface area contributed by atoms with E-state index >= 15 is 0 Å². The largest absolute Gasteiger partial charge is 0.395 e. The van der Waals surface area contributed by atoms with E-state index in [9.17, 15) is 22.8 Å². The molecule has 0 radical (unpaired) electrons. The number of benzene rings is 1. The van der Waals surface area contributed by atoms with E-state index < -0.39 is 35.0 Å². The van der Waals surface area contributed by atoms with E-state index in [0.29, 0.717) is 0 Å². The van der Waals surface area contributed by atoms with E-state index in [1.807, 2.05) is 0 Å². The number of amides is 2. The summed E-state index contributed by atoms with van der Waals surface area (Å²) in [5.41, 5.74) is -0.666. The molecule has 1 aromatic heterocycles. The summed E-state index contributed by atoms with van der Waals surface area (Å²) < 4.78 is 42.2. The van der Waals surface area contributed by atoms with Gasteiger partial charge in [0.05, 0.1) is 6.61 Å². The van der Waals surface area contributed by atoms with Crippen molar-refractivity contribution >= 4 is 22.7 Å². The molecule has 1 saturated carbocycles. The second-order valence-electron chi connectivity index (χ2n) is 9.08. The van der Waals surface area contributed by atoms with E-state index in [1.165, 1.54) is 22.9 Å². The van der Waals surface area contributed by atoms with Gasteiger partial charge in [0.2, 0.25) is 11.8 Å². The molecule has 1 fully saturated rings. The van der Waals surface area contributed by atoms with Gasteiger partial charge < -0.3 is 15.7 Å². The average Bonchev–Trinajstić information content (AvgIpc) is 3.01. The third-order valence-corrected chi connectivity index (χ3v) is 5.36. The van der Waals surface area contributed by atoms with Crippen LogP contribution in [0.3, 0.4) is 0 Å². The van der Waals surface area contributed by atoms with Gasteiger partial charge in [0.1, 0.15) is 17.4 Å². The lowest BCUT2D eigenvalue weighted by atomic mass is 9.81. The Kier molecular flexibility index (Phi) is 6.31. The molecule has 1 unspecified atom stereocenters. The first-order valence-electron chi connectivity index (χ1n) is 10.2. The predicted octanol–water partition coefficient (Wildman–Crippen LogP) is 2.47. The molecular formula is C21H27F3N4O3. The third-order valence-electron chi connectivity index (χ3n) is 5.36. The molecule has 1 aromatic carbocycles. The highest BCUT2D eigenvalue weighted by atomic mass is 19.3. The van der Waals surface area contributed by atoms with Crippen LogP contribution in [-0.4, -0.2) is 51.8 Å². The lowest BCUT2D eigenvalue weighted by Crippen LogP contribution is -2.54. The molecule has 1 heterocycles. The zero-order valence-electron chi connectivity index (χ0n) is 17.7. The van der Waals surface area contributed by atoms with Gasteiger partial charge >= 0.3 is 0 Å². The van der Waals surface area contributed by atoms with Crippen LogP contribution < -0.4 is 10.6 Å². The summed E-state index contributed by atoms with van der Waals surface area (Å²) in [6, 6.07) is 3.25. The minimum Gasteiger partial charge on any atom is -0.395 e. The quantitative estimate of drug-likeness (QED) is 0.616. The summed E-state index contributed by atoms with van der Waals surface area (Å²) in [6.07, 6.45) is -0.608. The highest BCUT2D eigenvalue weighted by molar-refractivity contribution is 6.06. The molecule has 7 nitrogen and oxygen atoms in total. The zero-order valence-corrected chi connectivity index (χ0v) is 17.7. The summed E-state index contributed by atoms with van der Waals surface area (Å²) in [5.74, 6) is -4.83. The van der Waals surface area contributed by atoms with Crippen molar-refractivity contribution in [2.75, 3.05) is 13.2 Å². The Morgan fingerprint density at radius 2 is 2.00 bits per heavy atom. The number of fused-ring (bicyclic) bond motifs is 1. The van der Waals surface area contributed by atoms with E-state index in [2.05, 4.69) is 15.7 Å². The number of nitrogens with zero attached hydrogens (tertiary/aromatic N) is 2. The molecule has 1 aliphatic carbocycles. The molecule has 10 heteroatoms. The Bertz CT molecular complexity index is 976. The van der Waals surface area contributed by atoms with Crippen molar-refractivity contribution in [1.29, 1.82) is 0 Å². The van der Waals surface area contributed by atoms with Crippen LogP contribution in [0.15, 0.2) is 18.2 Å². The number of aliphatic hydroxyl groups excluding tert-OH is 1. The molecular weight excluding hydrogens is 413 g/mol. The fourth-order valence-electron chi connectivity index (χ4n) is 3.81. The number of hydrogen-bond donors (Lipinski definition) is 3. The molecule has 2 aromatic rings. The molecule has 3 N–H and O–H groups in total. The number of carbonyl (C=O) groups is 2. The van der Waals surface area contributed by atoms with E-state index in [4.69, 9.17) is 5.11 Å². The summed E-state index contributed by atoms with van der Waals surface area (Å²) in [5, 5.41) is 18.6. The van der Waals surface area contributed by atoms with Gasteiger partial charge in [-0.05, 0) is 17.4 Å². The maximum atomic E-state index is 14.5. The number of carbonyl (C=O) groups excluding carboxylic acids is 2. The van der Waals surface area contributed by atoms with Crippen LogP contribution in [0.2, 0.25) is 0 Å². The Balaban J connectivity index is 1.89. The van der Waals surface area contributed by atoms with Crippen LogP contribution >= 0.6 is 0 Å². The number of aliphatic hydroxyl groups is 1. The van der Waals surface area contributed by atoms with Gasteiger partial charge in [-0.15, -0.1) is 0 Å². The van der Waals surface area contributed by atoms with E-state index in [-0.39, 0.29) is 55.1 Å². The Morgan fingerprint density at radius 3 is 2.58 bits per heavy atom. The maximum absolute atomic E-state index is 14.5. The molecule has 31 heavy (non-hydrogen) atoms. The molecule has 0 aliphatic heterocycles. The lowest BCUT2D eigenvalue weighted by molar-refractivity contribution is -0.125. The Labute approximate surface area is 178 Å². The first kappa shape index (κ1) is 23.1. The smallest absolute Gasteiger partial charge is 0.273 e. The highest BCUT2D eigenvalue weighted by Gasteiger charge is 2.45. The molecule has 170 valence electrons. The number of rotatable bonds is 7. The second-order valence-corrected chi connectivity index (χ2v) is 9.08. The lowest BCUT2D eigenvalue weighted by Gasteiger charge is -2.34. The highest BCUT2D eigenvalue weighted by Crippen LogP contribution is 2.43. The average molecular weight is 440 g/mol.